The molecule has 1 saturated carbocycles. The van der Waals surface area contributed by atoms with E-state index in [1.807, 2.05) is 0 Å². The number of aliphatic hydroxyl groups excluding tert-OH is 1. The van der Waals surface area contributed by atoms with Gasteiger partial charge in [-0.25, -0.2) is 0 Å². The summed E-state index contributed by atoms with van der Waals surface area (Å²) < 4.78 is 0. The highest BCUT2D eigenvalue weighted by Gasteiger charge is 2.34. The average molecular weight is 116 g/mol. The van der Waals surface area contributed by atoms with Crippen molar-refractivity contribution in [3.8, 4) is 0 Å². The van der Waals surface area contributed by atoms with Crippen molar-refractivity contribution in [2.45, 2.75) is 18.9 Å². The zero-order chi connectivity index (χ0) is 6.15. The van der Waals surface area contributed by atoms with Crippen molar-refractivity contribution < 1.29 is 15.0 Å². The Labute approximate surface area is 46.9 Å². The minimum absolute atomic E-state index is 0.477. The number of rotatable bonds is 1. The Hall–Kier alpha value is -0.570. The van der Waals surface area contributed by atoms with Gasteiger partial charge < -0.3 is 10.2 Å². The highest BCUT2D eigenvalue weighted by Crippen LogP contribution is 2.26. The third-order valence-corrected chi connectivity index (χ3v) is 1.56. The molecule has 0 heterocycles. The molecule has 3 nitrogen and oxygen atoms in total. The van der Waals surface area contributed by atoms with Crippen LogP contribution in [-0.4, -0.2) is 22.3 Å². The second-order valence-corrected chi connectivity index (χ2v) is 2.09. The van der Waals surface area contributed by atoms with Crippen molar-refractivity contribution in [3.63, 3.8) is 0 Å². The van der Waals surface area contributed by atoms with Gasteiger partial charge >= 0.3 is 5.97 Å². The standard InChI is InChI=1S/C5H8O3/c6-4-2-1-3(4)5(7)8/h3-4,6H,1-2H2,(H,7,8)/t3-,4-/m1/s1. The molecule has 0 amide bonds. The molecule has 0 saturated heterocycles. The normalized spacial score (nSPS) is 36.1. The number of hydrogen-bond acceptors (Lipinski definition) is 2. The molecule has 1 aliphatic rings. The molecule has 0 aromatic rings. The summed E-state index contributed by atoms with van der Waals surface area (Å²) in [5.74, 6) is -1.35. The first-order valence-corrected chi connectivity index (χ1v) is 2.62. The third kappa shape index (κ3) is 0.690. The zero-order valence-corrected chi connectivity index (χ0v) is 4.37. The summed E-state index contributed by atoms with van der Waals surface area (Å²) in [7, 11) is 0. The minimum Gasteiger partial charge on any atom is -0.481 e. The Kier molecular flexibility index (Phi) is 1.21. The van der Waals surface area contributed by atoms with Crippen molar-refractivity contribution in [1.29, 1.82) is 0 Å². The van der Waals surface area contributed by atoms with E-state index in [0.29, 0.717) is 12.8 Å². The fourth-order valence-corrected chi connectivity index (χ4v) is 0.770. The molecule has 0 aromatic heterocycles. The highest BCUT2D eigenvalue weighted by atomic mass is 16.4. The van der Waals surface area contributed by atoms with E-state index in [1.54, 1.807) is 0 Å². The number of aliphatic hydroxyl groups is 1. The van der Waals surface area contributed by atoms with Crippen LogP contribution in [0.2, 0.25) is 0 Å². The second kappa shape index (κ2) is 1.74. The minimum atomic E-state index is -0.872. The summed E-state index contributed by atoms with van der Waals surface area (Å²) in [6, 6.07) is 0. The van der Waals surface area contributed by atoms with Gasteiger partial charge in [0.1, 0.15) is 0 Å². The smallest absolute Gasteiger partial charge is 0.309 e. The number of carboxylic acid groups (broad SMARTS) is 1. The lowest BCUT2D eigenvalue weighted by molar-refractivity contribution is -0.151. The van der Waals surface area contributed by atoms with Crippen molar-refractivity contribution in [3.05, 3.63) is 0 Å². The van der Waals surface area contributed by atoms with E-state index in [4.69, 9.17) is 10.2 Å². The van der Waals surface area contributed by atoms with Gasteiger partial charge in [-0.15, -0.1) is 0 Å². The lowest BCUT2D eigenvalue weighted by atomic mass is 9.82. The van der Waals surface area contributed by atoms with Crippen LogP contribution in [-0.2, 0) is 4.79 Å². The molecule has 0 aromatic carbocycles. The number of aliphatic carboxylic acids is 1. The highest BCUT2D eigenvalue weighted by molar-refractivity contribution is 5.71. The van der Waals surface area contributed by atoms with Crippen LogP contribution >= 0.6 is 0 Å². The largest absolute Gasteiger partial charge is 0.481 e. The Morgan fingerprint density at radius 2 is 2.12 bits per heavy atom. The van der Waals surface area contributed by atoms with Crippen LogP contribution in [0.4, 0.5) is 0 Å². The van der Waals surface area contributed by atoms with Crippen molar-refractivity contribution in [2.24, 2.45) is 5.92 Å². The molecule has 0 radical (unpaired) electrons. The topological polar surface area (TPSA) is 57.5 Å². The predicted molar refractivity (Wildman–Crippen MR) is 26.4 cm³/mol. The first-order chi connectivity index (χ1) is 3.72. The van der Waals surface area contributed by atoms with Gasteiger partial charge in [-0.2, -0.15) is 0 Å². The van der Waals surface area contributed by atoms with Gasteiger partial charge in [0, 0.05) is 0 Å². The van der Waals surface area contributed by atoms with Gasteiger partial charge in [-0.1, -0.05) is 0 Å². The van der Waals surface area contributed by atoms with E-state index in [-0.39, 0.29) is 0 Å². The molecule has 1 fully saturated rings. The van der Waals surface area contributed by atoms with E-state index >= 15 is 0 Å². The first kappa shape index (κ1) is 5.56. The van der Waals surface area contributed by atoms with Gasteiger partial charge in [0.15, 0.2) is 0 Å². The van der Waals surface area contributed by atoms with E-state index < -0.39 is 18.0 Å². The van der Waals surface area contributed by atoms with Gasteiger partial charge in [0.05, 0.1) is 12.0 Å². The second-order valence-electron chi connectivity index (χ2n) is 2.09. The van der Waals surface area contributed by atoms with Gasteiger partial charge in [-0.3, -0.25) is 4.79 Å². The molecule has 0 aliphatic heterocycles. The summed E-state index contributed by atoms with van der Waals surface area (Å²) in [6.07, 6.45) is 0.709. The number of carboxylic acids is 1. The molecular formula is C5H8O3. The van der Waals surface area contributed by atoms with Crippen molar-refractivity contribution in [1.82, 2.24) is 0 Å². The maximum Gasteiger partial charge on any atom is 0.309 e. The maximum atomic E-state index is 10.0. The van der Waals surface area contributed by atoms with E-state index in [2.05, 4.69) is 0 Å². The average Bonchev–Trinajstić information content (AvgIpc) is 1.61. The molecule has 2 atom stereocenters. The van der Waals surface area contributed by atoms with Crippen LogP contribution in [0, 0.1) is 5.92 Å². The summed E-state index contributed by atoms with van der Waals surface area (Å²) >= 11 is 0. The zero-order valence-electron chi connectivity index (χ0n) is 4.37. The Morgan fingerprint density at radius 1 is 1.50 bits per heavy atom. The fourth-order valence-electron chi connectivity index (χ4n) is 0.770. The van der Waals surface area contributed by atoms with Crippen LogP contribution in [0.5, 0.6) is 0 Å². The molecule has 1 aliphatic carbocycles. The number of hydrogen-bond donors (Lipinski definition) is 2. The van der Waals surface area contributed by atoms with Gasteiger partial charge in [-0.05, 0) is 12.8 Å². The van der Waals surface area contributed by atoms with Crippen molar-refractivity contribution >= 4 is 5.97 Å². The molecule has 0 bridgehead atoms. The summed E-state index contributed by atoms with van der Waals surface area (Å²) in [5.41, 5.74) is 0. The molecule has 0 unspecified atom stereocenters. The first-order valence-electron chi connectivity index (χ1n) is 2.62. The Balaban J connectivity index is 2.37. The van der Waals surface area contributed by atoms with Crippen LogP contribution in [0.15, 0.2) is 0 Å². The molecule has 8 heavy (non-hydrogen) atoms. The fraction of sp³-hybridized carbons (Fsp3) is 0.800. The van der Waals surface area contributed by atoms with Gasteiger partial charge in [0.25, 0.3) is 0 Å². The van der Waals surface area contributed by atoms with Gasteiger partial charge in [0.2, 0.25) is 0 Å². The summed E-state index contributed by atoms with van der Waals surface area (Å²) in [6.45, 7) is 0. The summed E-state index contributed by atoms with van der Waals surface area (Å²) in [4.78, 5) is 10.0. The lowest BCUT2D eigenvalue weighted by Crippen LogP contribution is -2.37. The molecule has 46 valence electrons. The Bertz CT molecular complexity index is 110. The molecule has 3 heteroatoms. The number of carbonyl (C=O) groups is 1. The molecular weight excluding hydrogens is 108 g/mol. The maximum absolute atomic E-state index is 10.0. The van der Waals surface area contributed by atoms with Crippen molar-refractivity contribution in [2.75, 3.05) is 0 Å². The van der Waals surface area contributed by atoms with Crippen LogP contribution in [0.3, 0.4) is 0 Å². The molecule has 1 rings (SSSR count). The quantitative estimate of drug-likeness (QED) is 0.500. The van der Waals surface area contributed by atoms with E-state index in [9.17, 15) is 4.79 Å². The third-order valence-electron chi connectivity index (χ3n) is 1.56. The van der Waals surface area contributed by atoms with E-state index in [0.717, 1.165) is 0 Å². The molecule has 0 spiro atoms. The van der Waals surface area contributed by atoms with Crippen LogP contribution in [0.1, 0.15) is 12.8 Å². The SMILES string of the molecule is O=C(O)[C@@H]1CC[C@H]1O. The summed E-state index contributed by atoms with van der Waals surface area (Å²) in [5, 5.41) is 16.9. The lowest BCUT2D eigenvalue weighted by Gasteiger charge is -2.27. The monoisotopic (exact) mass is 116 g/mol. The van der Waals surface area contributed by atoms with E-state index in [1.165, 1.54) is 0 Å². The Morgan fingerprint density at radius 3 is 2.12 bits per heavy atom. The molecule has 2 N–H and O–H groups in total. The van der Waals surface area contributed by atoms with Crippen LogP contribution in [0.25, 0.3) is 0 Å². The van der Waals surface area contributed by atoms with Crippen LogP contribution < -0.4 is 0 Å². The predicted octanol–water partition coefficient (Wildman–Crippen LogP) is -0.158.